The normalized spacial score (nSPS) is 25.4. The van der Waals surface area contributed by atoms with Crippen molar-refractivity contribution in [2.75, 3.05) is 26.2 Å². The molecule has 0 aromatic heterocycles. The van der Waals surface area contributed by atoms with E-state index in [4.69, 9.17) is 4.74 Å². The highest BCUT2D eigenvalue weighted by Crippen LogP contribution is 2.27. The van der Waals surface area contributed by atoms with Gasteiger partial charge in [-0.1, -0.05) is 24.3 Å². The predicted molar refractivity (Wildman–Crippen MR) is 89.2 cm³/mol. The van der Waals surface area contributed by atoms with E-state index in [1.54, 1.807) is 0 Å². The zero-order valence-electron chi connectivity index (χ0n) is 13.9. The largest absolute Gasteiger partial charge is 0.464 e. The number of hydrogen-bond donors (Lipinski definition) is 0. The molecule has 0 aliphatic carbocycles. The molecule has 4 rings (SSSR count). The molecule has 1 atom stereocenters. The zero-order valence-corrected chi connectivity index (χ0v) is 13.9. The Morgan fingerprint density at radius 2 is 1.79 bits per heavy atom. The lowest BCUT2D eigenvalue weighted by molar-refractivity contribution is -0.143. The summed E-state index contributed by atoms with van der Waals surface area (Å²) in [5.41, 5.74) is 2.65. The molecular weight excluding hydrogens is 304 g/mol. The Hall–Kier alpha value is -1.88. The first-order valence-electron chi connectivity index (χ1n) is 8.98. The lowest BCUT2D eigenvalue weighted by Crippen LogP contribution is -2.48. The van der Waals surface area contributed by atoms with Crippen molar-refractivity contribution >= 4 is 11.9 Å². The quantitative estimate of drug-likeness (QED) is 0.774. The van der Waals surface area contributed by atoms with E-state index >= 15 is 0 Å². The van der Waals surface area contributed by atoms with Crippen molar-refractivity contribution in [3.63, 3.8) is 0 Å². The molecular formula is C19H24N2O3. The number of hydrogen-bond acceptors (Lipinski definition) is 4. The van der Waals surface area contributed by atoms with Crippen LogP contribution in [0.2, 0.25) is 0 Å². The Bertz CT molecular complexity index is 637. The maximum absolute atomic E-state index is 12.9. The topological polar surface area (TPSA) is 49.9 Å². The van der Waals surface area contributed by atoms with Crippen molar-refractivity contribution in [3.8, 4) is 0 Å². The molecule has 128 valence electrons. The van der Waals surface area contributed by atoms with Gasteiger partial charge in [0.2, 0.25) is 5.91 Å². The monoisotopic (exact) mass is 328 g/mol. The molecule has 3 heterocycles. The summed E-state index contributed by atoms with van der Waals surface area (Å²) in [5, 5.41) is 0. The maximum Gasteiger partial charge on any atom is 0.323 e. The Balaban J connectivity index is 1.34. The molecule has 0 saturated carbocycles. The highest BCUT2D eigenvalue weighted by Gasteiger charge is 2.37. The SMILES string of the molecule is O=C1OCCC1N1CCC(C(=O)N2CCc3ccccc3C2)CC1. The lowest BCUT2D eigenvalue weighted by atomic mass is 9.92. The van der Waals surface area contributed by atoms with Crippen molar-refractivity contribution in [3.05, 3.63) is 35.4 Å². The molecule has 5 heteroatoms. The first-order chi connectivity index (χ1) is 11.7. The minimum absolute atomic E-state index is 0.0806. The number of cyclic esters (lactones) is 1. The second-order valence-electron chi connectivity index (χ2n) is 7.06. The van der Waals surface area contributed by atoms with Crippen LogP contribution in [0.5, 0.6) is 0 Å². The Morgan fingerprint density at radius 3 is 2.50 bits per heavy atom. The third kappa shape index (κ3) is 2.93. The average Bonchev–Trinajstić information content (AvgIpc) is 3.07. The molecule has 1 amide bonds. The van der Waals surface area contributed by atoms with Gasteiger partial charge in [0, 0.05) is 25.4 Å². The van der Waals surface area contributed by atoms with Gasteiger partial charge < -0.3 is 9.64 Å². The van der Waals surface area contributed by atoms with Gasteiger partial charge in [0.05, 0.1) is 6.61 Å². The fraction of sp³-hybridized carbons (Fsp3) is 0.579. The van der Waals surface area contributed by atoms with E-state index in [1.165, 1.54) is 11.1 Å². The van der Waals surface area contributed by atoms with Crippen LogP contribution in [0.1, 0.15) is 30.4 Å². The molecule has 5 nitrogen and oxygen atoms in total. The van der Waals surface area contributed by atoms with Crippen molar-refractivity contribution < 1.29 is 14.3 Å². The standard InChI is InChI=1S/C19H24N2O3/c22-18(21-11-5-14-3-1-2-4-16(14)13-21)15-6-9-20(10-7-15)17-8-12-24-19(17)23/h1-4,15,17H,5-13H2. The molecule has 0 N–H and O–H groups in total. The molecule has 3 aliphatic heterocycles. The number of esters is 1. The number of carbonyl (C=O) groups is 2. The Kier molecular flexibility index (Phi) is 4.27. The van der Waals surface area contributed by atoms with Gasteiger partial charge in [0.25, 0.3) is 0 Å². The highest BCUT2D eigenvalue weighted by atomic mass is 16.5. The van der Waals surface area contributed by atoms with Crippen LogP contribution in [0.4, 0.5) is 0 Å². The van der Waals surface area contributed by atoms with Crippen molar-refractivity contribution in [2.45, 2.75) is 38.3 Å². The zero-order chi connectivity index (χ0) is 16.5. The Labute approximate surface area is 142 Å². The van der Waals surface area contributed by atoms with Crippen LogP contribution in [-0.2, 0) is 27.3 Å². The Morgan fingerprint density at radius 1 is 1.04 bits per heavy atom. The molecule has 24 heavy (non-hydrogen) atoms. The second-order valence-corrected chi connectivity index (χ2v) is 7.06. The van der Waals surface area contributed by atoms with Gasteiger partial charge in [-0.15, -0.1) is 0 Å². The predicted octanol–water partition coefficient (Wildman–Crippen LogP) is 1.60. The van der Waals surface area contributed by atoms with E-state index in [-0.39, 0.29) is 23.8 Å². The fourth-order valence-corrected chi connectivity index (χ4v) is 4.22. The number of amides is 1. The molecule has 0 bridgehead atoms. The lowest BCUT2D eigenvalue weighted by Gasteiger charge is -2.37. The highest BCUT2D eigenvalue weighted by molar-refractivity contribution is 5.80. The van der Waals surface area contributed by atoms with Crippen LogP contribution < -0.4 is 0 Å². The molecule has 3 aliphatic rings. The van der Waals surface area contributed by atoms with Crippen LogP contribution in [0.25, 0.3) is 0 Å². The number of likely N-dealkylation sites (tertiary alicyclic amines) is 1. The third-order valence-electron chi connectivity index (χ3n) is 5.67. The van der Waals surface area contributed by atoms with Gasteiger partial charge in [0.1, 0.15) is 6.04 Å². The number of carbonyl (C=O) groups excluding carboxylic acids is 2. The second kappa shape index (κ2) is 6.55. The molecule has 0 radical (unpaired) electrons. The molecule has 2 saturated heterocycles. The van der Waals surface area contributed by atoms with Gasteiger partial charge in [-0.05, 0) is 43.5 Å². The van der Waals surface area contributed by atoms with Crippen LogP contribution in [0, 0.1) is 5.92 Å². The van der Waals surface area contributed by atoms with Gasteiger partial charge in [0.15, 0.2) is 0 Å². The van der Waals surface area contributed by atoms with Gasteiger partial charge >= 0.3 is 5.97 Å². The molecule has 1 unspecified atom stereocenters. The summed E-state index contributed by atoms with van der Waals surface area (Å²) >= 11 is 0. The summed E-state index contributed by atoms with van der Waals surface area (Å²) < 4.78 is 5.07. The van der Waals surface area contributed by atoms with Gasteiger partial charge in [-0.2, -0.15) is 0 Å². The van der Waals surface area contributed by atoms with Crippen molar-refractivity contribution in [2.24, 2.45) is 5.92 Å². The first kappa shape index (κ1) is 15.6. The number of rotatable bonds is 2. The van der Waals surface area contributed by atoms with Crippen molar-refractivity contribution in [1.29, 1.82) is 0 Å². The van der Waals surface area contributed by atoms with Crippen LogP contribution in [-0.4, -0.2) is 54.0 Å². The number of piperidine rings is 1. The molecule has 2 fully saturated rings. The molecule has 0 spiro atoms. The number of ether oxygens (including phenoxy) is 1. The fourth-order valence-electron chi connectivity index (χ4n) is 4.22. The van der Waals surface area contributed by atoms with E-state index in [2.05, 4.69) is 23.1 Å². The van der Waals surface area contributed by atoms with E-state index in [0.29, 0.717) is 6.61 Å². The minimum atomic E-state index is -0.0904. The van der Waals surface area contributed by atoms with Crippen LogP contribution >= 0.6 is 0 Å². The van der Waals surface area contributed by atoms with Gasteiger partial charge in [-0.25, -0.2) is 0 Å². The van der Waals surface area contributed by atoms with Gasteiger partial charge in [-0.3, -0.25) is 14.5 Å². The first-order valence-corrected chi connectivity index (χ1v) is 8.98. The summed E-state index contributed by atoms with van der Waals surface area (Å²) in [7, 11) is 0. The summed E-state index contributed by atoms with van der Waals surface area (Å²) in [6, 6.07) is 8.33. The summed E-state index contributed by atoms with van der Waals surface area (Å²) in [4.78, 5) is 28.8. The third-order valence-corrected chi connectivity index (χ3v) is 5.67. The number of benzene rings is 1. The van der Waals surface area contributed by atoms with E-state index in [9.17, 15) is 9.59 Å². The van der Waals surface area contributed by atoms with Crippen LogP contribution in [0.15, 0.2) is 24.3 Å². The molecule has 1 aromatic rings. The molecule has 1 aromatic carbocycles. The van der Waals surface area contributed by atoms with Crippen LogP contribution in [0.3, 0.4) is 0 Å². The van der Waals surface area contributed by atoms with E-state index in [1.807, 2.05) is 11.0 Å². The summed E-state index contributed by atoms with van der Waals surface area (Å²) in [6.45, 7) is 3.74. The summed E-state index contributed by atoms with van der Waals surface area (Å²) in [5.74, 6) is 0.300. The summed E-state index contributed by atoms with van der Waals surface area (Å²) in [6.07, 6.45) is 3.44. The van der Waals surface area contributed by atoms with E-state index in [0.717, 1.165) is 51.9 Å². The average molecular weight is 328 g/mol. The number of fused-ring (bicyclic) bond motifs is 1. The number of nitrogens with zero attached hydrogens (tertiary/aromatic N) is 2. The maximum atomic E-state index is 12.9. The van der Waals surface area contributed by atoms with Crippen molar-refractivity contribution in [1.82, 2.24) is 9.80 Å². The minimum Gasteiger partial charge on any atom is -0.464 e. The van der Waals surface area contributed by atoms with E-state index < -0.39 is 0 Å². The smallest absolute Gasteiger partial charge is 0.323 e.